The quantitative estimate of drug-likeness (QED) is 0.410. The normalized spacial score (nSPS) is 10.5. The second-order valence-electron chi connectivity index (χ2n) is 6.37. The van der Waals surface area contributed by atoms with Gasteiger partial charge in [-0.05, 0) is 41.8 Å². The topological polar surface area (TPSA) is 47.6 Å². The van der Waals surface area contributed by atoms with Crippen LogP contribution in [0.3, 0.4) is 0 Å². The predicted molar refractivity (Wildman–Crippen MR) is 116 cm³/mol. The molecule has 0 saturated heterocycles. The Morgan fingerprint density at radius 1 is 0.828 bits per heavy atom. The number of hydrogen-bond acceptors (Lipinski definition) is 3. The fourth-order valence-corrected chi connectivity index (χ4v) is 3.13. The highest BCUT2D eigenvalue weighted by Gasteiger charge is 2.11. The van der Waals surface area contributed by atoms with E-state index >= 15 is 0 Å². The van der Waals surface area contributed by atoms with Crippen LogP contribution in [0.2, 0.25) is 5.02 Å². The zero-order chi connectivity index (χ0) is 20.1. The summed E-state index contributed by atoms with van der Waals surface area (Å²) in [5, 5.41) is 5.32. The number of anilines is 1. The minimum absolute atomic E-state index is 0.134. The Labute approximate surface area is 173 Å². The molecule has 4 nitrogen and oxygen atoms in total. The molecule has 0 aliphatic heterocycles. The van der Waals surface area contributed by atoms with E-state index < -0.39 is 0 Å². The van der Waals surface area contributed by atoms with Crippen molar-refractivity contribution in [2.24, 2.45) is 0 Å². The highest BCUT2D eigenvalue weighted by Crippen LogP contribution is 2.32. The summed E-state index contributed by atoms with van der Waals surface area (Å²) in [6, 6.07) is 28.0. The first kappa shape index (κ1) is 18.8. The molecule has 0 unspecified atom stereocenters. The predicted octanol–water partition coefficient (Wildman–Crippen LogP) is 6.30. The van der Waals surface area contributed by atoms with E-state index in [0.29, 0.717) is 28.0 Å². The number of benzene rings is 4. The maximum absolute atomic E-state index is 12.5. The van der Waals surface area contributed by atoms with E-state index in [2.05, 4.69) is 5.32 Å². The molecule has 0 heterocycles. The molecule has 0 fully saturated rings. The average Bonchev–Trinajstić information content (AvgIpc) is 2.75. The van der Waals surface area contributed by atoms with Crippen molar-refractivity contribution in [3.8, 4) is 17.2 Å². The van der Waals surface area contributed by atoms with Crippen molar-refractivity contribution in [2.45, 2.75) is 0 Å². The van der Waals surface area contributed by atoms with Crippen LogP contribution >= 0.6 is 11.6 Å². The third kappa shape index (κ3) is 4.68. The molecule has 0 aliphatic rings. The van der Waals surface area contributed by atoms with Gasteiger partial charge in [-0.3, -0.25) is 4.79 Å². The number of hydrogen-bond donors (Lipinski definition) is 1. The van der Waals surface area contributed by atoms with Gasteiger partial charge in [-0.2, -0.15) is 0 Å². The molecule has 0 spiro atoms. The van der Waals surface area contributed by atoms with Crippen LogP contribution < -0.4 is 14.8 Å². The van der Waals surface area contributed by atoms with Crippen LogP contribution in [0.5, 0.6) is 17.2 Å². The molecule has 0 bridgehead atoms. The number of amides is 1. The molecule has 0 saturated carbocycles. The lowest BCUT2D eigenvalue weighted by Gasteiger charge is -2.14. The van der Waals surface area contributed by atoms with Crippen LogP contribution in [0.25, 0.3) is 10.8 Å². The number of halogens is 1. The number of fused-ring (bicyclic) bond motifs is 1. The SMILES string of the molecule is O=C(COc1cccc2ccccc12)Nc1cc(Cl)ccc1Oc1ccccc1. The number of ether oxygens (including phenoxy) is 2. The van der Waals surface area contributed by atoms with Crippen LogP contribution in [0, 0.1) is 0 Å². The summed E-state index contributed by atoms with van der Waals surface area (Å²) >= 11 is 6.10. The first-order valence-electron chi connectivity index (χ1n) is 9.12. The lowest BCUT2D eigenvalue weighted by molar-refractivity contribution is -0.118. The maximum atomic E-state index is 12.5. The zero-order valence-electron chi connectivity index (χ0n) is 15.5. The van der Waals surface area contributed by atoms with Crippen molar-refractivity contribution in [3.63, 3.8) is 0 Å². The molecule has 144 valence electrons. The van der Waals surface area contributed by atoms with E-state index in [4.69, 9.17) is 21.1 Å². The maximum Gasteiger partial charge on any atom is 0.262 e. The van der Waals surface area contributed by atoms with Gasteiger partial charge < -0.3 is 14.8 Å². The first-order chi connectivity index (χ1) is 14.2. The number of nitrogens with one attached hydrogen (secondary N) is 1. The number of carbonyl (C=O) groups excluding carboxylic acids is 1. The zero-order valence-corrected chi connectivity index (χ0v) is 16.2. The van der Waals surface area contributed by atoms with Gasteiger partial charge in [-0.1, -0.05) is 66.2 Å². The fraction of sp³-hybridized carbons (Fsp3) is 0.0417. The van der Waals surface area contributed by atoms with Gasteiger partial charge in [0.15, 0.2) is 12.4 Å². The van der Waals surface area contributed by atoms with E-state index in [-0.39, 0.29) is 12.5 Å². The summed E-state index contributed by atoms with van der Waals surface area (Å²) in [7, 11) is 0. The van der Waals surface area contributed by atoms with Crippen molar-refractivity contribution >= 4 is 34.0 Å². The summed E-state index contributed by atoms with van der Waals surface area (Å²) in [4.78, 5) is 12.5. The Kier molecular flexibility index (Phi) is 5.63. The Morgan fingerprint density at radius 3 is 2.45 bits per heavy atom. The van der Waals surface area contributed by atoms with Crippen LogP contribution in [-0.4, -0.2) is 12.5 Å². The molecule has 0 aliphatic carbocycles. The average molecular weight is 404 g/mol. The lowest BCUT2D eigenvalue weighted by Crippen LogP contribution is -2.20. The molecule has 1 N–H and O–H groups in total. The van der Waals surface area contributed by atoms with Gasteiger partial charge in [-0.15, -0.1) is 0 Å². The highest BCUT2D eigenvalue weighted by molar-refractivity contribution is 6.31. The minimum Gasteiger partial charge on any atom is -0.483 e. The van der Waals surface area contributed by atoms with Gasteiger partial charge in [0.25, 0.3) is 5.91 Å². The van der Waals surface area contributed by atoms with E-state index in [0.717, 1.165) is 10.8 Å². The molecule has 4 aromatic rings. The summed E-state index contributed by atoms with van der Waals surface area (Å²) in [5.41, 5.74) is 0.480. The smallest absolute Gasteiger partial charge is 0.262 e. The number of para-hydroxylation sites is 1. The van der Waals surface area contributed by atoms with Crippen molar-refractivity contribution < 1.29 is 14.3 Å². The molecule has 0 radical (unpaired) electrons. The van der Waals surface area contributed by atoms with Crippen LogP contribution in [0.1, 0.15) is 0 Å². The van der Waals surface area contributed by atoms with Crippen LogP contribution in [0.15, 0.2) is 91.0 Å². The van der Waals surface area contributed by atoms with Gasteiger partial charge in [0, 0.05) is 10.4 Å². The van der Waals surface area contributed by atoms with Crippen molar-refractivity contribution in [1.29, 1.82) is 0 Å². The summed E-state index contributed by atoms with van der Waals surface area (Å²) in [6.07, 6.45) is 0. The van der Waals surface area contributed by atoms with Crippen LogP contribution in [0.4, 0.5) is 5.69 Å². The molecular formula is C24H18ClNO3. The summed E-state index contributed by atoms with van der Waals surface area (Å²) in [5.74, 6) is 1.51. The van der Waals surface area contributed by atoms with Gasteiger partial charge in [-0.25, -0.2) is 0 Å². The van der Waals surface area contributed by atoms with Crippen LogP contribution in [-0.2, 0) is 4.79 Å². The standard InChI is InChI=1S/C24H18ClNO3/c25-18-13-14-23(29-19-9-2-1-3-10-19)21(15-18)26-24(27)16-28-22-12-6-8-17-7-4-5-11-20(17)22/h1-15H,16H2,(H,26,27). The Balaban J connectivity index is 1.47. The van der Waals surface area contributed by atoms with Gasteiger partial charge >= 0.3 is 0 Å². The van der Waals surface area contributed by atoms with E-state index in [9.17, 15) is 4.79 Å². The molecule has 0 atom stereocenters. The Morgan fingerprint density at radius 2 is 1.59 bits per heavy atom. The van der Waals surface area contributed by atoms with Gasteiger partial charge in [0.1, 0.15) is 11.5 Å². The molecule has 5 heteroatoms. The highest BCUT2D eigenvalue weighted by atomic mass is 35.5. The minimum atomic E-state index is -0.307. The number of carbonyl (C=O) groups is 1. The Hall–Kier alpha value is -3.50. The third-order valence-corrected chi connectivity index (χ3v) is 4.53. The summed E-state index contributed by atoms with van der Waals surface area (Å²) in [6.45, 7) is -0.134. The second kappa shape index (κ2) is 8.67. The van der Waals surface area contributed by atoms with Crippen molar-refractivity contribution in [3.05, 3.63) is 96.0 Å². The summed E-state index contributed by atoms with van der Waals surface area (Å²) < 4.78 is 11.6. The molecule has 4 rings (SSSR count). The van der Waals surface area contributed by atoms with Gasteiger partial charge in [0.05, 0.1) is 5.69 Å². The molecule has 0 aromatic heterocycles. The van der Waals surface area contributed by atoms with Crippen molar-refractivity contribution in [2.75, 3.05) is 11.9 Å². The second-order valence-corrected chi connectivity index (χ2v) is 6.81. The van der Waals surface area contributed by atoms with E-state index in [1.807, 2.05) is 72.8 Å². The molecule has 29 heavy (non-hydrogen) atoms. The largest absolute Gasteiger partial charge is 0.483 e. The number of rotatable bonds is 6. The fourth-order valence-electron chi connectivity index (χ4n) is 2.96. The molecule has 4 aromatic carbocycles. The monoisotopic (exact) mass is 403 g/mol. The van der Waals surface area contributed by atoms with Gasteiger partial charge in [0.2, 0.25) is 0 Å². The van der Waals surface area contributed by atoms with Crippen molar-refractivity contribution in [1.82, 2.24) is 0 Å². The first-order valence-corrected chi connectivity index (χ1v) is 9.50. The molecule has 1 amide bonds. The lowest BCUT2D eigenvalue weighted by atomic mass is 10.1. The van der Waals surface area contributed by atoms with E-state index in [1.54, 1.807) is 18.2 Å². The Bertz CT molecular complexity index is 1140. The molecular weight excluding hydrogens is 386 g/mol. The van der Waals surface area contributed by atoms with E-state index in [1.165, 1.54) is 0 Å². The third-order valence-electron chi connectivity index (χ3n) is 4.30.